The van der Waals surface area contributed by atoms with E-state index in [1.165, 1.54) is 5.56 Å². The van der Waals surface area contributed by atoms with Crippen molar-refractivity contribution < 1.29 is 13.9 Å². The third-order valence-corrected chi connectivity index (χ3v) is 3.44. The van der Waals surface area contributed by atoms with Crippen LogP contribution < -0.4 is 20.1 Å². The number of hydrogen-bond acceptors (Lipinski definition) is 5. The zero-order chi connectivity index (χ0) is 15.9. The second-order valence-electron chi connectivity index (χ2n) is 5.14. The SMILES string of the molecule is COc1cc(NCCNCc2cc(C)oc2C)cc(OC)c1. The monoisotopic (exact) mass is 304 g/mol. The fourth-order valence-corrected chi connectivity index (χ4v) is 2.29. The zero-order valence-electron chi connectivity index (χ0n) is 13.7. The average Bonchev–Trinajstić information content (AvgIpc) is 2.84. The minimum Gasteiger partial charge on any atom is -0.497 e. The Morgan fingerprint density at radius 2 is 1.64 bits per heavy atom. The number of nitrogens with one attached hydrogen (secondary N) is 2. The summed E-state index contributed by atoms with van der Waals surface area (Å²) in [5.41, 5.74) is 2.19. The molecule has 0 spiro atoms. The second-order valence-corrected chi connectivity index (χ2v) is 5.14. The Hall–Kier alpha value is -2.14. The molecule has 5 nitrogen and oxygen atoms in total. The number of anilines is 1. The van der Waals surface area contributed by atoms with E-state index in [4.69, 9.17) is 13.9 Å². The Balaban J connectivity index is 1.78. The van der Waals surface area contributed by atoms with Crippen LogP contribution in [-0.4, -0.2) is 27.3 Å². The van der Waals surface area contributed by atoms with E-state index in [2.05, 4.69) is 16.7 Å². The maximum Gasteiger partial charge on any atom is 0.124 e. The van der Waals surface area contributed by atoms with Crippen LogP contribution in [0.4, 0.5) is 5.69 Å². The molecule has 0 aliphatic carbocycles. The van der Waals surface area contributed by atoms with E-state index in [1.54, 1.807) is 14.2 Å². The van der Waals surface area contributed by atoms with Crippen molar-refractivity contribution in [1.82, 2.24) is 5.32 Å². The maximum atomic E-state index is 5.51. The quantitative estimate of drug-likeness (QED) is 0.734. The summed E-state index contributed by atoms with van der Waals surface area (Å²) < 4.78 is 16.0. The Morgan fingerprint density at radius 3 is 2.18 bits per heavy atom. The topological polar surface area (TPSA) is 55.7 Å². The van der Waals surface area contributed by atoms with Crippen LogP contribution in [0.2, 0.25) is 0 Å². The van der Waals surface area contributed by atoms with Gasteiger partial charge in [0, 0.05) is 49.1 Å². The predicted molar refractivity (Wildman–Crippen MR) is 87.9 cm³/mol. The summed E-state index contributed by atoms with van der Waals surface area (Å²) in [7, 11) is 3.30. The van der Waals surface area contributed by atoms with Crippen LogP contribution in [-0.2, 0) is 6.54 Å². The van der Waals surface area contributed by atoms with Crippen LogP contribution in [0.25, 0.3) is 0 Å². The number of benzene rings is 1. The van der Waals surface area contributed by atoms with Gasteiger partial charge in [-0.1, -0.05) is 0 Å². The van der Waals surface area contributed by atoms with Crippen LogP contribution in [0.5, 0.6) is 11.5 Å². The minimum atomic E-state index is 0.777. The molecule has 0 aliphatic heterocycles. The smallest absolute Gasteiger partial charge is 0.124 e. The first-order chi connectivity index (χ1) is 10.6. The Bertz CT molecular complexity index is 586. The van der Waals surface area contributed by atoms with Crippen LogP contribution in [0.3, 0.4) is 0 Å². The van der Waals surface area contributed by atoms with Crippen molar-refractivity contribution in [3.05, 3.63) is 41.3 Å². The number of aryl methyl sites for hydroxylation is 2. The molecule has 0 aliphatic rings. The normalized spacial score (nSPS) is 10.5. The van der Waals surface area contributed by atoms with Gasteiger partial charge < -0.3 is 24.5 Å². The number of methoxy groups -OCH3 is 2. The van der Waals surface area contributed by atoms with Gasteiger partial charge in [0.15, 0.2) is 0 Å². The second kappa shape index (κ2) is 7.75. The van der Waals surface area contributed by atoms with Crippen LogP contribution in [0.1, 0.15) is 17.1 Å². The summed E-state index contributed by atoms with van der Waals surface area (Å²) in [5.74, 6) is 3.49. The largest absolute Gasteiger partial charge is 0.497 e. The number of ether oxygens (including phenoxy) is 2. The van der Waals surface area contributed by atoms with Gasteiger partial charge in [0.05, 0.1) is 14.2 Å². The van der Waals surface area contributed by atoms with Crippen molar-refractivity contribution in [2.24, 2.45) is 0 Å². The molecule has 5 heteroatoms. The molecule has 0 saturated heterocycles. The van der Waals surface area contributed by atoms with E-state index in [0.717, 1.165) is 48.3 Å². The summed E-state index contributed by atoms with van der Waals surface area (Å²) >= 11 is 0. The van der Waals surface area contributed by atoms with Gasteiger partial charge in [0.25, 0.3) is 0 Å². The fraction of sp³-hybridized carbons (Fsp3) is 0.412. The molecular formula is C17H24N2O3. The van der Waals surface area contributed by atoms with Gasteiger partial charge in [-0.3, -0.25) is 0 Å². The fourth-order valence-electron chi connectivity index (χ4n) is 2.29. The Morgan fingerprint density at radius 1 is 0.955 bits per heavy atom. The lowest BCUT2D eigenvalue weighted by Gasteiger charge is -2.11. The third kappa shape index (κ3) is 4.43. The molecule has 2 aromatic rings. The summed E-state index contributed by atoms with van der Waals surface area (Å²) in [6, 6.07) is 7.83. The van der Waals surface area contributed by atoms with Gasteiger partial charge in [-0.25, -0.2) is 0 Å². The molecule has 1 heterocycles. The average molecular weight is 304 g/mol. The molecule has 2 rings (SSSR count). The molecule has 2 N–H and O–H groups in total. The molecule has 0 unspecified atom stereocenters. The summed E-state index contributed by atoms with van der Waals surface area (Å²) in [6.07, 6.45) is 0. The molecule has 0 amide bonds. The molecule has 1 aromatic carbocycles. The highest BCUT2D eigenvalue weighted by molar-refractivity contribution is 5.53. The highest BCUT2D eigenvalue weighted by Crippen LogP contribution is 2.25. The summed E-state index contributed by atoms with van der Waals surface area (Å²) in [6.45, 7) is 6.43. The van der Waals surface area contributed by atoms with Crippen molar-refractivity contribution in [2.75, 3.05) is 32.6 Å². The van der Waals surface area contributed by atoms with Crippen molar-refractivity contribution in [3.63, 3.8) is 0 Å². The molecule has 0 fully saturated rings. The van der Waals surface area contributed by atoms with Crippen LogP contribution in [0, 0.1) is 13.8 Å². The van der Waals surface area contributed by atoms with Crippen molar-refractivity contribution in [3.8, 4) is 11.5 Å². The standard InChI is InChI=1S/C17H24N2O3/c1-12-7-14(13(2)22-12)11-18-5-6-19-15-8-16(20-3)10-17(9-15)21-4/h7-10,18-19H,5-6,11H2,1-4H3. The van der Waals surface area contributed by atoms with E-state index in [-0.39, 0.29) is 0 Å². The lowest BCUT2D eigenvalue weighted by atomic mass is 10.2. The molecule has 22 heavy (non-hydrogen) atoms. The zero-order valence-corrected chi connectivity index (χ0v) is 13.7. The van der Waals surface area contributed by atoms with E-state index in [0.29, 0.717) is 0 Å². The highest BCUT2D eigenvalue weighted by atomic mass is 16.5. The summed E-state index contributed by atoms with van der Waals surface area (Å²) in [4.78, 5) is 0. The minimum absolute atomic E-state index is 0.777. The first kappa shape index (κ1) is 16.2. The van der Waals surface area contributed by atoms with Gasteiger partial charge >= 0.3 is 0 Å². The third-order valence-electron chi connectivity index (χ3n) is 3.44. The molecule has 1 aromatic heterocycles. The molecular weight excluding hydrogens is 280 g/mol. The van der Waals surface area contributed by atoms with Gasteiger partial charge in [0.2, 0.25) is 0 Å². The molecule has 0 saturated carbocycles. The molecule has 0 radical (unpaired) electrons. The van der Waals surface area contributed by atoms with Crippen molar-refractivity contribution >= 4 is 5.69 Å². The van der Waals surface area contributed by atoms with E-state index < -0.39 is 0 Å². The lowest BCUT2D eigenvalue weighted by Crippen LogP contribution is -2.21. The van der Waals surface area contributed by atoms with Gasteiger partial charge in [-0.2, -0.15) is 0 Å². The molecule has 0 bridgehead atoms. The molecule has 0 atom stereocenters. The van der Waals surface area contributed by atoms with Gasteiger partial charge in [-0.05, 0) is 19.9 Å². The van der Waals surface area contributed by atoms with E-state index in [1.807, 2.05) is 32.0 Å². The maximum absolute atomic E-state index is 5.51. The predicted octanol–water partition coefficient (Wildman–Crippen LogP) is 3.12. The number of rotatable bonds is 8. The van der Waals surface area contributed by atoms with E-state index in [9.17, 15) is 0 Å². The number of hydrogen-bond donors (Lipinski definition) is 2. The Kier molecular flexibility index (Phi) is 5.72. The van der Waals surface area contributed by atoms with Crippen molar-refractivity contribution in [1.29, 1.82) is 0 Å². The first-order valence-corrected chi connectivity index (χ1v) is 7.36. The van der Waals surface area contributed by atoms with Gasteiger partial charge in [-0.15, -0.1) is 0 Å². The lowest BCUT2D eigenvalue weighted by molar-refractivity contribution is 0.394. The Labute approximate surface area is 131 Å². The summed E-state index contributed by atoms with van der Waals surface area (Å²) in [5, 5.41) is 6.75. The van der Waals surface area contributed by atoms with Gasteiger partial charge in [0.1, 0.15) is 23.0 Å². The van der Waals surface area contributed by atoms with Crippen molar-refractivity contribution in [2.45, 2.75) is 20.4 Å². The van der Waals surface area contributed by atoms with Crippen LogP contribution >= 0.6 is 0 Å². The number of furan rings is 1. The molecule has 120 valence electrons. The first-order valence-electron chi connectivity index (χ1n) is 7.36. The van der Waals surface area contributed by atoms with Crippen LogP contribution in [0.15, 0.2) is 28.7 Å². The van der Waals surface area contributed by atoms with E-state index >= 15 is 0 Å². The highest BCUT2D eigenvalue weighted by Gasteiger charge is 2.04.